The number of benzene rings is 1. The molecule has 0 aliphatic carbocycles. The number of ketones is 1. The topological polar surface area (TPSA) is 43.1 Å². The quantitative estimate of drug-likeness (QED) is 0.775. The average Bonchev–Trinajstić information content (AvgIpc) is 2.29. The van der Waals surface area contributed by atoms with Gasteiger partial charge in [0.15, 0.2) is 0 Å². The van der Waals surface area contributed by atoms with Crippen LogP contribution in [-0.2, 0) is 4.79 Å². The second-order valence-electron chi connectivity index (χ2n) is 3.77. The molecule has 2 nitrogen and oxygen atoms in total. The van der Waals surface area contributed by atoms with Gasteiger partial charge in [0.05, 0.1) is 5.92 Å². The lowest BCUT2D eigenvalue weighted by Gasteiger charge is -2.13. The maximum atomic E-state index is 11.9. The standard InChI is InChI=1S/C13H19NO/c1-2-3-9-13(15)12(10-14)11-7-5-4-6-8-11/h4-8,12H,2-3,9-10,14H2,1H3. The first kappa shape index (κ1) is 11.9. The predicted octanol–water partition coefficient (Wildman–Crippen LogP) is 2.49. The lowest BCUT2D eigenvalue weighted by atomic mass is 9.92. The van der Waals surface area contributed by atoms with Gasteiger partial charge >= 0.3 is 0 Å². The summed E-state index contributed by atoms with van der Waals surface area (Å²) in [5.41, 5.74) is 6.70. The highest BCUT2D eigenvalue weighted by Crippen LogP contribution is 2.17. The molecule has 0 aromatic heterocycles. The minimum atomic E-state index is -0.113. The molecule has 82 valence electrons. The molecule has 1 aromatic carbocycles. The predicted molar refractivity (Wildman–Crippen MR) is 62.8 cm³/mol. The van der Waals surface area contributed by atoms with Crippen LogP contribution in [0, 0.1) is 0 Å². The van der Waals surface area contributed by atoms with Gasteiger partial charge in [0.1, 0.15) is 5.78 Å². The summed E-state index contributed by atoms with van der Waals surface area (Å²) >= 11 is 0. The number of carbonyl (C=O) groups excluding carboxylic acids is 1. The van der Waals surface area contributed by atoms with Gasteiger partial charge in [-0.25, -0.2) is 0 Å². The van der Waals surface area contributed by atoms with Crippen LogP contribution in [0.1, 0.15) is 37.7 Å². The third-order valence-corrected chi connectivity index (χ3v) is 2.60. The van der Waals surface area contributed by atoms with Crippen molar-refractivity contribution < 1.29 is 4.79 Å². The molecular weight excluding hydrogens is 186 g/mol. The van der Waals surface area contributed by atoms with Gasteiger partial charge in [0.2, 0.25) is 0 Å². The fourth-order valence-electron chi connectivity index (χ4n) is 1.66. The molecule has 1 rings (SSSR count). The van der Waals surface area contributed by atoms with Crippen molar-refractivity contribution in [3.8, 4) is 0 Å². The molecule has 15 heavy (non-hydrogen) atoms. The Balaban J connectivity index is 2.67. The number of hydrogen-bond acceptors (Lipinski definition) is 2. The van der Waals surface area contributed by atoms with Crippen molar-refractivity contribution in [2.45, 2.75) is 32.1 Å². The van der Waals surface area contributed by atoms with Crippen LogP contribution < -0.4 is 5.73 Å². The van der Waals surface area contributed by atoms with Gasteiger partial charge in [-0.15, -0.1) is 0 Å². The largest absolute Gasteiger partial charge is 0.329 e. The third-order valence-electron chi connectivity index (χ3n) is 2.60. The Morgan fingerprint density at radius 1 is 1.33 bits per heavy atom. The molecule has 1 aromatic rings. The molecule has 0 saturated carbocycles. The number of carbonyl (C=O) groups is 1. The first-order valence-corrected chi connectivity index (χ1v) is 5.57. The number of unbranched alkanes of at least 4 members (excludes halogenated alkanes) is 1. The van der Waals surface area contributed by atoms with Gasteiger partial charge in [-0.05, 0) is 12.0 Å². The molecule has 0 amide bonds. The van der Waals surface area contributed by atoms with Crippen LogP contribution in [0.25, 0.3) is 0 Å². The fourth-order valence-corrected chi connectivity index (χ4v) is 1.66. The zero-order chi connectivity index (χ0) is 11.1. The van der Waals surface area contributed by atoms with E-state index in [1.807, 2.05) is 30.3 Å². The number of nitrogens with two attached hydrogens (primary N) is 1. The second kappa shape index (κ2) is 6.36. The maximum Gasteiger partial charge on any atom is 0.141 e. The Hall–Kier alpha value is -1.15. The molecule has 0 heterocycles. The molecular formula is C13H19NO. The van der Waals surface area contributed by atoms with Crippen LogP contribution in [0.4, 0.5) is 0 Å². The monoisotopic (exact) mass is 205 g/mol. The van der Waals surface area contributed by atoms with Crippen LogP contribution in [0.5, 0.6) is 0 Å². The smallest absolute Gasteiger partial charge is 0.141 e. The molecule has 0 spiro atoms. The fraction of sp³-hybridized carbons (Fsp3) is 0.462. The number of rotatable bonds is 6. The molecule has 2 N–H and O–H groups in total. The van der Waals surface area contributed by atoms with Crippen LogP contribution in [-0.4, -0.2) is 12.3 Å². The Labute approximate surface area is 91.5 Å². The van der Waals surface area contributed by atoms with Crippen molar-refractivity contribution in [2.24, 2.45) is 5.73 Å². The third kappa shape index (κ3) is 3.48. The molecule has 2 heteroatoms. The van der Waals surface area contributed by atoms with Gasteiger partial charge in [0.25, 0.3) is 0 Å². The summed E-state index contributed by atoms with van der Waals surface area (Å²) < 4.78 is 0. The Bertz CT molecular complexity index is 295. The summed E-state index contributed by atoms with van der Waals surface area (Å²) in [7, 11) is 0. The maximum absolute atomic E-state index is 11.9. The van der Waals surface area contributed by atoms with Crippen molar-refractivity contribution in [3.63, 3.8) is 0 Å². The van der Waals surface area contributed by atoms with Crippen LogP contribution >= 0.6 is 0 Å². The molecule has 0 aliphatic heterocycles. The van der Waals surface area contributed by atoms with Crippen molar-refractivity contribution in [2.75, 3.05) is 6.54 Å². The van der Waals surface area contributed by atoms with Crippen LogP contribution in [0.2, 0.25) is 0 Å². The summed E-state index contributed by atoms with van der Waals surface area (Å²) in [6.07, 6.45) is 2.66. The molecule has 1 unspecified atom stereocenters. The SMILES string of the molecule is CCCCC(=O)C(CN)c1ccccc1. The molecule has 0 bridgehead atoms. The van der Waals surface area contributed by atoms with E-state index in [1.54, 1.807) is 0 Å². The molecule has 0 saturated heterocycles. The summed E-state index contributed by atoms with van der Waals surface area (Å²) in [4.78, 5) is 11.9. The Kier molecular flexibility index (Phi) is 5.05. The highest BCUT2D eigenvalue weighted by Gasteiger charge is 2.17. The summed E-state index contributed by atoms with van der Waals surface area (Å²) in [5.74, 6) is 0.156. The van der Waals surface area contributed by atoms with Crippen LogP contribution in [0.15, 0.2) is 30.3 Å². The minimum Gasteiger partial charge on any atom is -0.329 e. The Morgan fingerprint density at radius 2 is 2.00 bits per heavy atom. The van der Waals surface area contributed by atoms with E-state index < -0.39 is 0 Å². The first-order valence-electron chi connectivity index (χ1n) is 5.57. The van der Waals surface area contributed by atoms with Gasteiger partial charge in [-0.1, -0.05) is 43.7 Å². The van der Waals surface area contributed by atoms with Crippen LogP contribution in [0.3, 0.4) is 0 Å². The van der Waals surface area contributed by atoms with Crippen molar-refractivity contribution in [3.05, 3.63) is 35.9 Å². The highest BCUT2D eigenvalue weighted by molar-refractivity contribution is 5.85. The van der Waals surface area contributed by atoms with Gasteiger partial charge in [0, 0.05) is 13.0 Å². The first-order chi connectivity index (χ1) is 7.29. The van der Waals surface area contributed by atoms with E-state index in [1.165, 1.54) is 0 Å². The number of hydrogen-bond donors (Lipinski definition) is 1. The Morgan fingerprint density at radius 3 is 2.53 bits per heavy atom. The molecule has 0 aliphatic rings. The van der Waals surface area contributed by atoms with E-state index in [0.29, 0.717) is 13.0 Å². The zero-order valence-corrected chi connectivity index (χ0v) is 9.28. The normalized spacial score (nSPS) is 12.4. The number of Topliss-reactive ketones (excluding diaryl/α,β-unsaturated/α-hetero) is 1. The molecule has 0 fully saturated rings. The van der Waals surface area contributed by atoms with E-state index >= 15 is 0 Å². The molecule has 1 atom stereocenters. The average molecular weight is 205 g/mol. The molecule has 0 radical (unpaired) electrons. The van der Waals surface area contributed by atoms with Gasteiger partial charge in [-0.2, -0.15) is 0 Å². The lowest BCUT2D eigenvalue weighted by molar-refractivity contribution is -0.120. The summed E-state index contributed by atoms with van der Waals surface area (Å²) in [6, 6.07) is 9.80. The van der Waals surface area contributed by atoms with Crippen molar-refractivity contribution in [1.29, 1.82) is 0 Å². The summed E-state index contributed by atoms with van der Waals surface area (Å²) in [5, 5.41) is 0. The van der Waals surface area contributed by atoms with E-state index in [9.17, 15) is 4.79 Å². The van der Waals surface area contributed by atoms with Crippen molar-refractivity contribution in [1.82, 2.24) is 0 Å². The van der Waals surface area contributed by atoms with E-state index in [4.69, 9.17) is 5.73 Å². The van der Waals surface area contributed by atoms with Crippen molar-refractivity contribution >= 4 is 5.78 Å². The minimum absolute atomic E-state index is 0.113. The van der Waals surface area contributed by atoms with Gasteiger partial charge in [-0.3, -0.25) is 4.79 Å². The van der Waals surface area contributed by atoms with E-state index in [2.05, 4.69) is 6.92 Å². The lowest BCUT2D eigenvalue weighted by Crippen LogP contribution is -2.21. The summed E-state index contributed by atoms with van der Waals surface area (Å²) in [6.45, 7) is 2.50. The second-order valence-corrected chi connectivity index (χ2v) is 3.77. The van der Waals surface area contributed by atoms with E-state index in [-0.39, 0.29) is 11.7 Å². The van der Waals surface area contributed by atoms with Gasteiger partial charge < -0.3 is 5.73 Å². The zero-order valence-electron chi connectivity index (χ0n) is 9.28. The highest BCUT2D eigenvalue weighted by atomic mass is 16.1. The van der Waals surface area contributed by atoms with E-state index in [0.717, 1.165) is 18.4 Å².